The van der Waals surface area contributed by atoms with Crippen molar-refractivity contribution in [2.75, 3.05) is 26.2 Å². The molecular weight excluding hydrogens is 466 g/mol. The van der Waals surface area contributed by atoms with Crippen LogP contribution in [0.5, 0.6) is 0 Å². The van der Waals surface area contributed by atoms with Gasteiger partial charge in [0.25, 0.3) is 0 Å². The maximum atomic E-state index is 8.97. The largest absolute Gasteiger partial charge is 0.395 e. The molecular formula is C31H44ClN3O. The van der Waals surface area contributed by atoms with Crippen molar-refractivity contribution in [3.8, 4) is 12.8 Å². The molecule has 1 saturated heterocycles. The van der Waals surface area contributed by atoms with Gasteiger partial charge in [-0.15, -0.1) is 12.8 Å². The molecule has 0 spiro atoms. The molecule has 2 aromatic carbocycles. The van der Waals surface area contributed by atoms with Gasteiger partial charge in [-0.05, 0) is 68.1 Å². The molecule has 3 aromatic rings. The first kappa shape index (κ1) is 31.6. The summed E-state index contributed by atoms with van der Waals surface area (Å²) in [5.74, 6) is 0. The van der Waals surface area contributed by atoms with Crippen LogP contribution in [0.3, 0.4) is 0 Å². The van der Waals surface area contributed by atoms with Crippen LogP contribution >= 0.6 is 11.6 Å². The monoisotopic (exact) mass is 509 g/mol. The molecule has 0 radical (unpaired) electrons. The predicted octanol–water partition coefficient (Wildman–Crippen LogP) is 6.74. The van der Waals surface area contributed by atoms with Crippen molar-refractivity contribution in [2.45, 2.75) is 65.5 Å². The summed E-state index contributed by atoms with van der Waals surface area (Å²) in [5, 5.41) is 15.6. The summed E-state index contributed by atoms with van der Waals surface area (Å²) in [4.78, 5) is 6.48. The Kier molecular flexibility index (Phi) is 15.7. The lowest BCUT2D eigenvalue weighted by molar-refractivity contribution is 0.254. The van der Waals surface area contributed by atoms with Crippen LogP contribution in [0.15, 0.2) is 60.8 Å². The van der Waals surface area contributed by atoms with Gasteiger partial charge in [0.15, 0.2) is 0 Å². The number of terminal acetylenes is 1. The maximum absolute atomic E-state index is 8.97. The number of nitrogens with zero attached hydrogens (tertiary/aromatic N) is 2. The van der Waals surface area contributed by atoms with Crippen LogP contribution in [0.4, 0.5) is 0 Å². The average molecular weight is 510 g/mol. The summed E-state index contributed by atoms with van der Waals surface area (Å²) in [6, 6.07) is 19.1. The van der Waals surface area contributed by atoms with Crippen LogP contribution in [-0.2, 0) is 13.0 Å². The molecule has 1 fully saturated rings. The zero-order chi connectivity index (χ0) is 26.8. The van der Waals surface area contributed by atoms with Crippen LogP contribution in [0.25, 0.3) is 10.8 Å². The fourth-order valence-corrected chi connectivity index (χ4v) is 4.37. The summed E-state index contributed by atoms with van der Waals surface area (Å²) in [5.41, 5.74) is 2.53. The molecule has 1 aliphatic rings. The third-order valence-corrected chi connectivity index (χ3v) is 6.62. The Morgan fingerprint density at radius 2 is 1.69 bits per heavy atom. The molecule has 0 amide bonds. The second kappa shape index (κ2) is 17.9. The van der Waals surface area contributed by atoms with E-state index in [0.717, 1.165) is 24.9 Å². The van der Waals surface area contributed by atoms with E-state index < -0.39 is 0 Å². The van der Waals surface area contributed by atoms with Crippen molar-refractivity contribution in [3.05, 3.63) is 77.1 Å². The van der Waals surface area contributed by atoms with Gasteiger partial charge < -0.3 is 10.4 Å². The quantitative estimate of drug-likeness (QED) is 0.261. The van der Waals surface area contributed by atoms with E-state index in [-0.39, 0.29) is 12.1 Å². The number of pyridine rings is 1. The smallest absolute Gasteiger partial charge is 0.133 e. The van der Waals surface area contributed by atoms with Crippen molar-refractivity contribution in [3.63, 3.8) is 0 Å². The first-order valence-corrected chi connectivity index (χ1v) is 13.4. The standard InChI is InChI=1S/C17H23NO.C10H13ClN2.C2H6.C2H2/c1-3-17(2,18-10-11-19)13-14-8-9-15-6-4-5-7-16(15)12-14;11-10-9(4-3-5-12-10)8-13-6-1-2-7-13;2*1-2/h4-9,12,18-19H,3,10-11,13H2,1-2H3;3-5H,1-2,6-8H2;1-2H3;1-2H. The zero-order valence-corrected chi connectivity index (χ0v) is 23.3. The maximum Gasteiger partial charge on any atom is 0.133 e. The van der Waals surface area contributed by atoms with E-state index in [1.54, 1.807) is 6.20 Å². The highest BCUT2D eigenvalue weighted by Gasteiger charge is 2.21. The number of fused-ring (bicyclic) bond motifs is 1. The minimum atomic E-state index is 0.0468. The summed E-state index contributed by atoms with van der Waals surface area (Å²) in [6.07, 6.45) is 14.4. The Bertz CT molecular complexity index is 1020. The van der Waals surface area contributed by atoms with Crippen molar-refractivity contribution in [1.82, 2.24) is 15.2 Å². The van der Waals surface area contributed by atoms with Gasteiger partial charge in [0, 0.05) is 30.4 Å². The van der Waals surface area contributed by atoms with Crippen LogP contribution in [0.2, 0.25) is 5.15 Å². The molecule has 196 valence electrons. The molecule has 4 rings (SSSR count). The predicted molar refractivity (Wildman–Crippen MR) is 156 cm³/mol. The number of benzene rings is 2. The van der Waals surface area contributed by atoms with Gasteiger partial charge in [0.2, 0.25) is 0 Å². The van der Waals surface area contributed by atoms with Crippen molar-refractivity contribution in [1.29, 1.82) is 0 Å². The Labute approximate surface area is 224 Å². The number of aliphatic hydroxyl groups is 1. The average Bonchev–Trinajstić information content (AvgIpc) is 3.45. The van der Waals surface area contributed by atoms with Gasteiger partial charge in [-0.2, -0.15) is 0 Å². The number of hydrogen-bond acceptors (Lipinski definition) is 4. The van der Waals surface area contributed by atoms with Crippen LogP contribution in [0.1, 0.15) is 58.1 Å². The molecule has 5 heteroatoms. The number of aliphatic hydroxyl groups excluding tert-OH is 1. The molecule has 0 saturated carbocycles. The van der Waals surface area contributed by atoms with E-state index in [9.17, 15) is 0 Å². The van der Waals surface area contributed by atoms with Crippen LogP contribution in [-0.4, -0.2) is 46.8 Å². The molecule has 2 N–H and O–H groups in total. The number of hydrogen-bond donors (Lipinski definition) is 2. The highest BCUT2D eigenvalue weighted by Crippen LogP contribution is 2.21. The fraction of sp³-hybridized carbons (Fsp3) is 0.452. The second-order valence-corrected chi connectivity index (χ2v) is 9.22. The lowest BCUT2D eigenvalue weighted by Crippen LogP contribution is -2.45. The highest BCUT2D eigenvalue weighted by molar-refractivity contribution is 6.30. The van der Waals surface area contributed by atoms with Gasteiger partial charge >= 0.3 is 0 Å². The Balaban J connectivity index is 0.000000332. The second-order valence-electron chi connectivity index (χ2n) is 8.86. The number of likely N-dealkylation sites (tertiary alicyclic amines) is 1. The van der Waals surface area contributed by atoms with Crippen molar-refractivity contribution in [2.24, 2.45) is 0 Å². The number of β-amino-alcohol motifs (C(OH)–C–C–N with tert-alkyl or cyclic N) is 1. The Hall–Kier alpha value is -2.42. The summed E-state index contributed by atoms with van der Waals surface area (Å²) < 4.78 is 0. The summed E-state index contributed by atoms with van der Waals surface area (Å²) in [6.45, 7) is 12.6. The summed E-state index contributed by atoms with van der Waals surface area (Å²) in [7, 11) is 0. The molecule has 2 heterocycles. The number of nitrogens with one attached hydrogen (secondary N) is 1. The first-order valence-electron chi connectivity index (χ1n) is 13.0. The Morgan fingerprint density at radius 3 is 2.31 bits per heavy atom. The Morgan fingerprint density at radius 1 is 1.03 bits per heavy atom. The normalized spacial score (nSPS) is 14.3. The van der Waals surface area contributed by atoms with E-state index in [2.05, 4.69) is 84.4 Å². The van der Waals surface area contributed by atoms with Gasteiger partial charge in [-0.1, -0.05) is 80.9 Å². The van der Waals surface area contributed by atoms with E-state index in [0.29, 0.717) is 11.7 Å². The third kappa shape index (κ3) is 10.7. The van der Waals surface area contributed by atoms with Gasteiger partial charge in [0.05, 0.1) is 6.61 Å². The highest BCUT2D eigenvalue weighted by atomic mass is 35.5. The number of aromatic nitrogens is 1. The SMILES string of the molecule is C#C.CC.CCC(C)(Cc1ccc2ccccc2c1)NCCO.Clc1ncccc1CN1CCCC1. The number of rotatable bonds is 8. The molecule has 36 heavy (non-hydrogen) atoms. The summed E-state index contributed by atoms with van der Waals surface area (Å²) >= 11 is 5.96. The van der Waals surface area contributed by atoms with Gasteiger partial charge in [-0.3, -0.25) is 4.90 Å². The fourth-order valence-electron chi connectivity index (χ4n) is 4.19. The minimum absolute atomic E-state index is 0.0468. The van der Waals surface area contributed by atoms with Crippen LogP contribution < -0.4 is 5.32 Å². The molecule has 0 bridgehead atoms. The van der Waals surface area contributed by atoms with Gasteiger partial charge in [-0.25, -0.2) is 4.98 Å². The van der Waals surface area contributed by atoms with Crippen molar-refractivity contribution < 1.29 is 5.11 Å². The van der Waals surface area contributed by atoms with E-state index in [1.165, 1.54) is 42.3 Å². The molecule has 4 nitrogen and oxygen atoms in total. The topological polar surface area (TPSA) is 48.4 Å². The van der Waals surface area contributed by atoms with E-state index in [4.69, 9.17) is 16.7 Å². The zero-order valence-electron chi connectivity index (χ0n) is 22.5. The van der Waals surface area contributed by atoms with E-state index in [1.807, 2.05) is 26.0 Å². The van der Waals surface area contributed by atoms with Gasteiger partial charge in [0.1, 0.15) is 5.15 Å². The first-order chi connectivity index (χ1) is 17.5. The molecule has 0 aliphatic carbocycles. The molecule has 1 atom stereocenters. The molecule has 1 aromatic heterocycles. The lowest BCUT2D eigenvalue weighted by Gasteiger charge is -2.30. The third-order valence-electron chi connectivity index (χ3n) is 6.28. The van der Waals surface area contributed by atoms with E-state index >= 15 is 0 Å². The molecule has 1 aliphatic heterocycles. The van der Waals surface area contributed by atoms with Crippen molar-refractivity contribution >= 4 is 22.4 Å². The number of halogens is 1. The minimum Gasteiger partial charge on any atom is -0.395 e. The molecule has 1 unspecified atom stereocenters. The lowest BCUT2D eigenvalue weighted by atomic mass is 9.89. The van der Waals surface area contributed by atoms with Crippen LogP contribution in [0, 0.1) is 12.8 Å².